The van der Waals surface area contributed by atoms with Gasteiger partial charge in [-0.3, -0.25) is 0 Å². The molecule has 0 aliphatic carbocycles. The Bertz CT molecular complexity index is 311. The van der Waals surface area contributed by atoms with Crippen LogP contribution in [-0.4, -0.2) is 0 Å². The zero-order chi connectivity index (χ0) is 13.2. The van der Waals surface area contributed by atoms with Crippen LogP contribution in [0.3, 0.4) is 0 Å². The lowest BCUT2D eigenvalue weighted by molar-refractivity contribution is 0.539. The third-order valence-corrected chi connectivity index (χ3v) is 4.84. The number of hydrogen-bond acceptors (Lipinski definition) is 2. The quantitative estimate of drug-likeness (QED) is 0.530. The van der Waals surface area contributed by atoms with Crippen molar-refractivity contribution >= 4 is 22.9 Å². The van der Waals surface area contributed by atoms with Crippen molar-refractivity contribution in [2.75, 3.05) is 0 Å². The first-order valence-electron chi connectivity index (χ1n) is 7.24. The molecule has 104 valence electrons. The van der Waals surface area contributed by atoms with Crippen LogP contribution in [-0.2, 0) is 0 Å². The van der Waals surface area contributed by atoms with Crippen LogP contribution in [0.5, 0.6) is 0 Å². The van der Waals surface area contributed by atoms with Crippen molar-refractivity contribution in [1.29, 1.82) is 0 Å². The van der Waals surface area contributed by atoms with Gasteiger partial charge < -0.3 is 5.73 Å². The van der Waals surface area contributed by atoms with Gasteiger partial charge in [0.15, 0.2) is 0 Å². The SMILES string of the molecule is CCCCCCCCCCC(N)c1sccc1Cl. The number of unbranched alkanes of at least 4 members (excludes halogenated alkanes) is 7. The molecule has 18 heavy (non-hydrogen) atoms. The largest absolute Gasteiger partial charge is 0.323 e. The fraction of sp³-hybridized carbons (Fsp3) is 0.733. The Morgan fingerprint density at radius 2 is 1.72 bits per heavy atom. The van der Waals surface area contributed by atoms with Crippen molar-refractivity contribution in [3.8, 4) is 0 Å². The van der Waals surface area contributed by atoms with E-state index in [1.165, 1.54) is 51.4 Å². The van der Waals surface area contributed by atoms with Gasteiger partial charge in [0, 0.05) is 10.9 Å². The average Bonchev–Trinajstić information content (AvgIpc) is 2.79. The van der Waals surface area contributed by atoms with E-state index < -0.39 is 0 Å². The molecule has 0 aliphatic heterocycles. The van der Waals surface area contributed by atoms with E-state index >= 15 is 0 Å². The van der Waals surface area contributed by atoms with E-state index in [4.69, 9.17) is 17.3 Å². The standard InChI is InChI=1S/C15H26ClNS/c1-2-3-4-5-6-7-8-9-10-14(17)15-13(16)11-12-18-15/h11-12,14H,2-10,17H2,1H3. The van der Waals surface area contributed by atoms with Gasteiger partial charge in [-0.1, -0.05) is 69.9 Å². The first-order chi connectivity index (χ1) is 8.75. The fourth-order valence-corrected chi connectivity index (χ4v) is 3.43. The van der Waals surface area contributed by atoms with Crippen LogP contribution in [0.1, 0.15) is 75.6 Å². The minimum absolute atomic E-state index is 0.137. The van der Waals surface area contributed by atoms with E-state index in [1.54, 1.807) is 11.3 Å². The van der Waals surface area contributed by atoms with Crippen LogP contribution >= 0.6 is 22.9 Å². The molecule has 0 saturated carbocycles. The molecule has 0 fully saturated rings. The lowest BCUT2D eigenvalue weighted by atomic mass is 10.0. The molecule has 0 amide bonds. The molecule has 1 atom stereocenters. The van der Waals surface area contributed by atoms with Gasteiger partial charge in [0.1, 0.15) is 0 Å². The summed E-state index contributed by atoms with van der Waals surface area (Å²) in [5.41, 5.74) is 6.15. The smallest absolute Gasteiger partial charge is 0.0561 e. The number of rotatable bonds is 10. The Balaban J connectivity index is 1.99. The van der Waals surface area contributed by atoms with Crippen molar-refractivity contribution in [2.24, 2.45) is 5.73 Å². The molecule has 0 spiro atoms. The van der Waals surface area contributed by atoms with Crippen molar-refractivity contribution in [3.63, 3.8) is 0 Å². The molecule has 1 aromatic rings. The third kappa shape index (κ3) is 6.21. The summed E-state index contributed by atoms with van der Waals surface area (Å²) in [5, 5.41) is 2.86. The molecule has 0 bridgehead atoms. The predicted molar refractivity (Wildman–Crippen MR) is 83.5 cm³/mol. The number of nitrogens with two attached hydrogens (primary N) is 1. The van der Waals surface area contributed by atoms with E-state index in [9.17, 15) is 0 Å². The van der Waals surface area contributed by atoms with Gasteiger partial charge in [-0.15, -0.1) is 11.3 Å². The predicted octanol–water partition coefficient (Wildman–Crippen LogP) is 5.93. The second-order valence-corrected chi connectivity index (χ2v) is 6.36. The molecular weight excluding hydrogens is 262 g/mol. The van der Waals surface area contributed by atoms with Crippen molar-refractivity contribution in [3.05, 3.63) is 21.3 Å². The first kappa shape index (κ1) is 16.0. The van der Waals surface area contributed by atoms with Crippen LogP contribution in [0.15, 0.2) is 11.4 Å². The molecular formula is C15H26ClNS. The van der Waals surface area contributed by atoms with Gasteiger partial charge in [0.25, 0.3) is 0 Å². The Hall–Kier alpha value is -0.0500. The molecule has 1 unspecified atom stereocenters. The number of halogens is 1. The maximum absolute atomic E-state index is 6.15. The van der Waals surface area contributed by atoms with Gasteiger partial charge in [-0.25, -0.2) is 0 Å². The summed E-state index contributed by atoms with van der Waals surface area (Å²) in [6.07, 6.45) is 11.9. The third-order valence-electron chi connectivity index (χ3n) is 3.35. The van der Waals surface area contributed by atoms with Crippen molar-refractivity contribution in [1.82, 2.24) is 0 Å². The average molecular weight is 288 g/mol. The Labute approximate surface area is 121 Å². The molecule has 1 heterocycles. The second-order valence-electron chi connectivity index (χ2n) is 5.00. The van der Waals surface area contributed by atoms with Gasteiger partial charge in [0.2, 0.25) is 0 Å². The Morgan fingerprint density at radius 3 is 2.28 bits per heavy atom. The minimum atomic E-state index is 0.137. The van der Waals surface area contributed by atoms with Crippen molar-refractivity contribution < 1.29 is 0 Å². The van der Waals surface area contributed by atoms with Gasteiger partial charge >= 0.3 is 0 Å². The monoisotopic (exact) mass is 287 g/mol. The number of hydrogen-bond donors (Lipinski definition) is 1. The topological polar surface area (TPSA) is 26.0 Å². The van der Waals surface area contributed by atoms with E-state index in [1.807, 2.05) is 11.4 Å². The highest BCUT2D eigenvalue weighted by Crippen LogP contribution is 2.30. The lowest BCUT2D eigenvalue weighted by Crippen LogP contribution is -2.08. The molecule has 0 saturated heterocycles. The zero-order valence-electron chi connectivity index (χ0n) is 11.5. The Morgan fingerprint density at radius 1 is 1.11 bits per heavy atom. The first-order valence-corrected chi connectivity index (χ1v) is 8.50. The van der Waals surface area contributed by atoms with E-state index in [2.05, 4.69) is 6.92 Å². The van der Waals surface area contributed by atoms with Crippen LogP contribution < -0.4 is 5.73 Å². The minimum Gasteiger partial charge on any atom is -0.323 e. The molecule has 1 rings (SSSR count). The summed E-state index contributed by atoms with van der Waals surface area (Å²) in [6.45, 7) is 2.26. The molecule has 0 aromatic carbocycles. The molecule has 1 nitrogen and oxygen atoms in total. The van der Waals surface area contributed by atoms with Crippen LogP contribution in [0.25, 0.3) is 0 Å². The second kappa shape index (κ2) is 9.82. The normalized spacial score (nSPS) is 12.8. The summed E-state index contributed by atoms with van der Waals surface area (Å²) in [5.74, 6) is 0. The molecule has 1 aromatic heterocycles. The highest BCUT2D eigenvalue weighted by atomic mass is 35.5. The van der Waals surface area contributed by atoms with Gasteiger partial charge in [-0.2, -0.15) is 0 Å². The summed E-state index contributed by atoms with van der Waals surface area (Å²) >= 11 is 7.75. The summed E-state index contributed by atoms with van der Waals surface area (Å²) in [7, 11) is 0. The fourth-order valence-electron chi connectivity index (χ4n) is 2.20. The molecule has 2 N–H and O–H groups in total. The van der Waals surface area contributed by atoms with E-state index in [-0.39, 0.29) is 6.04 Å². The zero-order valence-corrected chi connectivity index (χ0v) is 13.0. The van der Waals surface area contributed by atoms with E-state index in [0.717, 1.165) is 16.3 Å². The maximum atomic E-state index is 6.15. The van der Waals surface area contributed by atoms with Crippen LogP contribution in [0, 0.1) is 0 Å². The molecule has 0 radical (unpaired) electrons. The Kier molecular flexibility index (Phi) is 8.74. The summed E-state index contributed by atoms with van der Waals surface area (Å²) in [6, 6.07) is 2.08. The molecule has 3 heteroatoms. The van der Waals surface area contributed by atoms with E-state index in [0.29, 0.717) is 0 Å². The van der Waals surface area contributed by atoms with Crippen LogP contribution in [0.4, 0.5) is 0 Å². The van der Waals surface area contributed by atoms with Gasteiger partial charge in [0.05, 0.1) is 5.02 Å². The summed E-state index contributed by atoms with van der Waals surface area (Å²) < 4.78 is 0. The van der Waals surface area contributed by atoms with Crippen LogP contribution in [0.2, 0.25) is 5.02 Å². The molecule has 0 aliphatic rings. The number of thiophene rings is 1. The highest BCUT2D eigenvalue weighted by molar-refractivity contribution is 7.10. The maximum Gasteiger partial charge on any atom is 0.0561 e. The van der Waals surface area contributed by atoms with Gasteiger partial charge in [-0.05, 0) is 17.9 Å². The summed E-state index contributed by atoms with van der Waals surface area (Å²) in [4.78, 5) is 1.15. The van der Waals surface area contributed by atoms with Crippen molar-refractivity contribution in [2.45, 2.75) is 70.8 Å². The highest BCUT2D eigenvalue weighted by Gasteiger charge is 2.10. The lowest BCUT2D eigenvalue weighted by Gasteiger charge is -2.10.